The summed E-state index contributed by atoms with van der Waals surface area (Å²) in [5, 5.41) is 4.38. The monoisotopic (exact) mass is 358 g/mol. The zero-order valence-corrected chi connectivity index (χ0v) is 14.6. The van der Waals surface area contributed by atoms with Crippen molar-refractivity contribution in [2.45, 2.75) is 13.0 Å². The Morgan fingerprint density at radius 2 is 1.52 bits per heavy atom. The average Bonchev–Trinajstić information content (AvgIpc) is 2.69. The molecule has 5 heteroatoms. The highest BCUT2D eigenvalue weighted by atomic mass is 16.2. The molecule has 4 rings (SSSR count). The minimum Gasteiger partial charge on any atom is -0.277 e. The Morgan fingerprint density at radius 1 is 0.815 bits per heavy atom. The Morgan fingerprint density at radius 3 is 2.33 bits per heavy atom. The van der Waals surface area contributed by atoms with Crippen LogP contribution >= 0.6 is 0 Å². The first-order chi connectivity index (χ1) is 13.1. The van der Waals surface area contributed by atoms with E-state index in [-0.39, 0.29) is 13.0 Å². The number of hydrogen-bond acceptors (Lipinski definition) is 3. The highest BCUT2D eigenvalue weighted by Crippen LogP contribution is 2.24. The van der Waals surface area contributed by atoms with Gasteiger partial charge in [0.1, 0.15) is 5.92 Å². The van der Waals surface area contributed by atoms with Crippen LogP contribution in [0.25, 0.3) is 10.8 Å². The predicted octanol–water partition coefficient (Wildman–Crippen LogP) is 3.28. The van der Waals surface area contributed by atoms with Crippen LogP contribution in [0.3, 0.4) is 0 Å². The number of nitrogens with one attached hydrogen (secondary N) is 1. The third-order valence-corrected chi connectivity index (χ3v) is 4.84. The highest BCUT2D eigenvalue weighted by molar-refractivity contribution is 6.16. The standard InChI is InChI=1S/C22H18N2O3/c25-20-19(13-17-11-6-10-16-9-4-5-12-18(16)17)21(26)24(22(27)23-20)14-15-7-2-1-3-8-15/h1-12,19H,13-14H2,(H,23,25,27). The van der Waals surface area contributed by atoms with E-state index in [0.29, 0.717) is 0 Å². The number of imide groups is 2. The molecule has 0 aromatic heterocycles. The van der Waals surface area contributed by atoms with Crippen molar-refractivity contribution < 1.29 is 14.4 Å². The maximum absolute atomic E-state index is 12.9. The van der Waals surface area contributed by atoms with E-state index in [4.69, 9.17) is 0 Å². The Hall–Kier alpha value is -3.47. The smallest absolute Gasteiger partial charge is 0.277 e. The third-order valence-electron chi connectivity index (χ3n) is 4.84. The highest BCUT2D eigenvalue weighted by Gasteiger charge is 2.40. The second kappa shape index (κ2) is 7.03. The molecule has 0 spiro atoms. The largest absolute Gasteiger partial charge is 0.331 e. The summed E-state index contributed by atoms with van der Waals surface area (Å²) in [6.07, 6.45) is 0.255. The number of fused-ring (bicyclic) bond motifs is 1. The molecule has 134 valence electrons. The van der Waals surface area contributed by atoms with Gasteiger partial charge in [0.25, 0.3) is 0 Å². The van der Waals surface area contributed by atoms with Gasteiger partial charge in [0.15, 0.2) is 0 Å². The van der Waals surface area contributed by atoms with Gasteiger partial charge in [-0.2, -0.15) is 0 Å². The van der Waals surface area contributed by atoms with Gasteiger partial charge in [0.2, 0.25) is 11.8 Å². The number of hydrogen-bond donors (Lipinski definition) is 1. The minimum absolute atomic E-state index is 0.144. The average molecular weight is 358 g/mol. The van der Waals surface area contributed by atoms with Crippen LogP contribution in [0.5, 0.6) is 0 Å². The van der Waals surface area contributed by atoms with Gasteiger partial charge in [0.05, 0.1) is 6.54 Å². The van der Waals surface area contributed by atoms with Crippen LogP contribution in [0.4, 0.5) is 4.79 Å². The van der Waals surface area contributed by atoms with Gasteiger partial charge >= 0.3 is 6.03 Å². The number of benzene rings is 3. The van der Waals surface area contributed by atoms with E-state index >= 15 is 0 Å². The van der Waals surface area contributed by atoms with Crippen molar-refractivity contribution in [2.24, 2.45) is 5.92 Å². The first-order valence-electron chi connectivity index (χ1n) is 8.80. The van der Waals surface area contributed by atoms with Crippen molar-refractivity contribution in [3.05, 3.63) is 83.9 Å². The number of carbonyl (C=O) groups is 3. The number of nitrogens with zero attached hydrogens (tertiary/aromatic N) is 1. The summed E-state index contributed by atoms with van der Waals surface area (Å²) < 4.78 is 0. The number of rotatable bonds is 4. The van der Waals surface area contributed by atoms with Crippen molar-refractivity contribution in [1.29, 1.82) is 0 Å². The summed E-state index contributed by atoms with van der Waals surface area (Å²) in [7, 11) is 0. The SMILES string of the molecule is O=C1NC(=O)N(Cc2ccccc2)C(=O)C1Cc1cccc2ccccc12. The Bertz CT molecular complexity index is 1020. The maximum atomic E-state index is 12.9. The molecular formula is C22H18N2O3. The lowest BCUT2D eigenvalue weighted by atomic mass is 9.92. The lowest BCUT2D eigenvalue weighted by Gasteiger charge is -2.30. The molecule has 1 N–H and O–H groups in total. The molecule has 1 saturated heterocycles. The molecule has 5 nitrogen and oxygen atoms in total. The first-order valence-corrected chi connectivity index (χ1v) is 8.80. The molecule has 1 heterocycles. The second-order valence-corrected chi connectivity index (χ2v) is 6.60. The summed E-state index contributed by atoms with van der Waals surface area (Å²) in [5.41, 5.74) is 1.75. The van der Waals surface area contributed by atoms with Crippen molar-refractivity contribution >= 4 is 28.6 Å². The number of amides is 4. The van der Waals surface area contributed by atoms with Crippen LogP contribution in [0.15, 0.2) is 72.8 Å². The van der Waals surface area contributed by atoms with Gasteiger partial charge in [-0.25, -0.2) is 4.79 Å². The molecule has 1 aliphatic heterocycles. The van der Waals surface area contributed by atoms with Crippen molar-refractivity contribution in [3.8, 4) is 0 Å². The molecule has 0 bridgehead atoms. The van der Waals surface area contributed by atoms with E-state index in [0.717, 1.165) is 26.8 Å². The van der Waals surface area contributed by atoms with Gasteiger partial charge in [-0.15, -0.1) is 0 Å². The van der Waals surface area contributed by atoms with E-state index in [2.05, 4.69) is 5.32 Å². The van der Waals surface area contributed by atoms with Gasteiger partial charge in [0, 0.05) is 0 Å². The van der Waals surface area contributed by atoms with Gasteiger partial charge in [-0.3, -0.25) is 19.8 Å². The molecule has 0 aliphatic carbocycles. The molecule has 4 amide bonds. The van der Waals surface area contributed by atoms with Crippen molar-refractivity contribution in [2.75, 3.05) is 0 Å². The number of barbiturate groups is 1. The summed E-state index contributed by atoms with van der Waals surface area (Å²) >= 11 is 0. The molecule has 1 fully saturated rings. The lowest BCUT2D eigenvalue weighted by Crippen LogP contribution is -2.57. The molecule has 1 unspecified atom stereocenters. The van der Waals surface area contributed by atoms with Crippen molar-refractivity contribution in [1.82, 2.24) is 10.2 Å². The van der Waals surface area contributed by atoms with Crippen LogP contribution < -0.4 is 5.32 Å². The fourth-order valence-corrected chi connectivity index (χ4v) is 3.45. The Balaban J connectivity index is 1.62. The fourth-order valence-electron chi connectivity index (χ4n) is 3.45. The van der Waals surface area contributed by atoms with Crippen LogP contribution in [-0.2, 0) is 22.6 Å². The van der Waals surface area contributed by atoms with E-state index in [1.165, 1.54) is 0 Å². The van der Waals surface area contributed by atoms with Gasteiger partial charge in [-0.05, 0) is 28.3 Å². The minimum atomic E-state index is -0.919. The summed E-state index contributed by atoms with van der Waals surface area (Å²) in [5.74, 6) is -1.92. The zero-order chi connectivity index (χ0) is 18.8. The number of urea groups is 1. The van der Waals surface area contributed by atoms with Gasteiger partial charge in [-0.1, -0.05) is 72.8 Å². The lowest BCUT2D eigenvalue weighted by molar-refractivity contribution is -0.142. The van der Waals surface area contributed by atoms with E-state index < -0.39 is 23.8 Å². The zero-order valence-electron chi connectivity index (χ0n) is 14.6. The van der Waals surface area contributed by atoms with Crippen molar-refractivity contribution in [3.63, 3.8) is 0 Å². The van der Waals surface area contributed by atoms with E-state index in [1.807, 2.05) is 72.8 Å². The van der Waals surface area contributed by atoms with Crippen LogP contribution in [-0.4, -0.2) is 22.7 Å². The summed E-state index contributed by atoms with van der Waals surface area (Å²) in [4.78, 5) is 38.6. The second-order valence-electron chi connectivity index (χ2n) is 6.60. The van der Waals surface area contributed by atoms with E-state index in [9.17, 15) is 14.4 Å². The molecule has 27 heavy (non-hydrogen) atoms. The summed E-state index contributed by atoms with van der Waals surface area (Å²) in [6.45, 7) is 0.144. The third kappa shape index (κ3) is 3.31. The van der Waals surface area contributed by atoms with Crippen LogP contribution in [0, 0.1) is 5.92 Å². The van der Waals surface area contributed by atoms with Crippen LogP contribution in [0.1, 0.15) is 11.1 Å². The number of carbonyl (C=O) groups excluding carboxylic acids is 3. The predicted molar refractivity (Wildman–Crippen MR) is 102 cm³/mol. The fraction of sp³-hybridized carbons (Fsp3) is 0.136. The molecule has 1 aliphatic rings. The molecule has 1 atom stereocenters. The van der Waals surface area contributed by atoms with Gasteiger partial charge < -0.3 is 0 Å². The molecular weight excluding hydrogens is 340 g/mol. The molecule has 0 saturated carbocycles. The molecule has 3 aromatic carbocycles. The van der Waals surface area contributed by atoms with E-state index in [1.54, 1.807) is 0 Å². The van der Waals surface area contributed by atoms with Crippen LogP contribution in [0.2, 0.25) is 0 Å². The maximum Gasteiger partial charge on any atom is 0.331 e. The Kier molecular flexibility index (Phi) is 4.42. The Labute approximate surface area is 156 Å². The summed E-state index contributed by atoms with van der Waals surface area (Å²) in [6, 6.07) is 22.3. The molecule has 0 radical (unpaired) electrons. The quantitative estimate of drug-likeness (QED) is 0.728. The normalized spacial score (nSPS) is 17.3. The topological polar surface area (TPSA) is 66.5 Å². The first kappa shape index (κ1) is 17.0. The molecule has 3 aromatic rings.